The van der Waals surface area contributed by atoms with E-state index in [1.807, 2.05) is 12.1 Å². The highest BCUT2D eigenvalue weighted by molar-refractivity contribution is 7.86. The third-order valence-corrected chi connectivity index (χ3v) is 15.5. The fraction of sp³-hybridized carbons (Fsp3) is 0.600. The lowest BCUT2D eigenvalue weighted by atomic mass is 9.71. The van der Waals surface area contributed by atoms with Gasteiger partial charge in [-0.1, -0.05) is 6.07 Å². The van der Waals surface area contributed by atoms with Crippen LogP contribution < -0.4 is 15.5 Å². The molecule has 3 aromatic rings. The van der Waals surface area contributed by atoms with Crippen molar-refractivity contribution in [3.63, 3.8) is 0 Å². The third kappa shape index (κ3) is 7.86. The van der Waals surface area contributed by atoms with E-state index in [0.29, 0.717) is 50.4 Å². The van der Waals surface area contributed by atoms with E-state index in [9.17, 15) is 36.0 Å². The fourth-order valence-corrected chi connectivity index (χ4v) is 11.7. The standard InChI is InChI=1S/C40H50F3N11O5S/c1-49-22-27(19-45-49)35-31(40(41,42)43)20-44-38(48-35)46-28-9-15-53(16-10-28)60(58,59)52-13-7-26(8-14-52)21-50-17-11-39(12-18-50)24-51(25-39)32-4-2-3-29-30(32)23-54(37(29)57)33-5-6-34(55)47-36(33)56/h2-4,19-20,22,26,28,33H,5-18,21,23-25H2,1H3,(H,44,46,48)(H,47,55,56). The molecule has 3 amide bonds. The number of nitrogens with zero attached hydrogens (tertiary/aromatic N) is 9. The first-order chi connectivity index (χ1) is 28.7. The molecule has 1 spiro atoms. The Morgan fingerprint density at radius 2 is 1.63 bits per heavy atom. The first kappa shape index (κ1) is 40.7. The summed E-state index contributed by atoms with van der Waals surface area (Å²) < 4.78 is 73.1. The average Bonchev–Trinajstić information content (AvgIpc) is 3.80. The van der Waals surface area contributed by atoms with Gasteiger partial charge >= 0.3 is 6.18 Å². The molecule has 1 unspecified atom stereocenters. The Morgan fingerprint density at radius 1 is 0.933 bits per heavy atom. The highest BCUT2D eigenvalue weighted by Crippen LogP contribution is 2.46. The predicted molar refractivity (Wildman–Crippen MR) is 213 cm³/mol. The summed E-state index contributed by atoms with van der Waals surface area (Å²) in [4.78, 5) is 52.2. The second-order valence-electron chi connectivity index (χ2n) is 17.4. The number of fused-ring (bicyclic) bond motifs is 1. The van der Waals surface area contributed by atoms with Gasteiger partial charge in [0, 0.05) is 112 Å². The Morgan fingerprint density at radius 3 is 2.28 bits per heavy atom. The van der Waals surface area contributed by atoms with Crippen molar-refractivity contribution in [2.75, 3.05) is 69.1 Å². The maximum atomic E-state index is 13.7. The normalized spacial score (nSPS) is 23.9. The molecule has 16 nitrogen and oxygen atoms in total. The van der Waals surface area contributed by atoms with Gasteiger partial charge in [-0.2, -0.15) is 35.3 Å². The van der Waals surface area contributed by atoms with Crippen LogP contribution in [0.15, 0.2) is 36.8 Å². The number of aromatic nitrogens is 4. The van der Waals surface area contributed by atoms with Crippen molar-refractivity contribution in [1.29, 1.82) is 0 Å². The molecule has 8 heterocycles. The summed E-state index contributed by atoms with van der Waals surface area (Å²) in [5.41, 5.74) is 1.87. The molecule has 5 fully saturated rings. The molecule has 60 heavy (non-hydrogen) atoms. The zero-order valence-electron chi connectivity index (χ0n) is 33.5. The number of piperidine rings is 4. The molecule has 322 valence electrons. The second kappa shape index (κ2) is 15.7. The van der Waals surface area contributed by atoms with Gasteiger partial charge in [0.15, 0.2) is 0 Å². The van der Waals surface area contributed by atoms with Crippen LogP contribution >= 0.6 is 0 Å². The van der Waals surface area contributed by atoms with Crippen molar-refractivity contribution >= 4 is 39.6 Å². The minimum Gasteiger partial charge on any atom is -0.370 e. The van der Waals surface area contributed by atoms with Crippen molar-refractivity contribution < 1.29 is 36.0 Å². The molecule has 2 aromatic heterocycles. The van der Waals surface area contributed by atoms with Crippen molar-refractivity contribution in [3.8, 4) is 11.3 Å². The van der Waals surface area contributed by atoms with Crippen molar-refractivity contribution in [3.05, 3.63) is 53.5 Å². The van der Waals surface area contributed by atoms with E-state index in [2.05, 4.69) is 41.6 Å². The lowest BCUT2D eigenvalue weighted by molar-refractivity contribution is -0.138. The van der Waals surface area contributed by atoms with Crippen LogP contribution in [0, 0.1) is 11.3 Å². The van der Waals surface area contributed by atoms with Crippen molar-refractivity contribution in [2.45, 2.75) is 76.2 Å². The second-order valence-corrected chi connectivity index (χ2v) is 19.3. The molecule has 0 saturated carbocycles. The number of likely N-dealkylation sites (tertiary alicyclic amines) is 1. The van der Waals surface area contributed by atoms with Crippen LogP contribution in [0.4, 0.5) is 24.8 Å². The quantitative estimate of drug-likeness (QED) is 0.304. The van der Waals surface area contributed by atoms with Gasteiger partial charge in [0.25, 0.3) is 16.1 Å². The SMILES string of the molecule is Cn1cc(-c2nc(NC3CCN(S(=O)(=O)N4CCC(CN5CCC6(CC5)CN(c5cccc7c5CN(C5CCC(=O)NC5=O)C7=O)C6)CC4)CC3)ncc2C(F)(F)F)cn1. The van der Waals surface area contributed by atoms with Gasteiger partial charge in [0.2, 0.25) is 17.8 Å². The van der Waals surface area contributed by atoms with Gasteiger partial charge in [-0.15, -0.1) is 0 Å². The predicted octanol–water partition coefficient (Wildman–Crippen LogP) is 3.09. The van der Waals surface area contributed by atoms with Gasteiger partial charge in [0.05, 0.1) is 11.9 Å². The number of hydrogen-bond acceptors (Lipinski definition) is 11. The number of rotatable bonds is 9. The molecule has 0 aliphatic carbocycles. The summed E-state index contributed by atoms with van der Waals surface area (Å²) in [6, 6.07) is 4.97. The van der Waals surface area contributed by atoms with Crippen LogP contribution in [-0.4, -0.2) is 135 Å². The lowest BCUT2D eigenvalue weighted by Crippen LogP contribution is -2.61. The molecule has 6 aliphatic rings. The zero-order chi connectivity index (χ0) is 42.0. The summed E-state index contributed by atoms with van der Waals surface area (Å²) >= 11 is 0. The maximum Gasteiger partial charge on any atom is 0.419 e. The first-order valence-corrected chi connectivity index (χ1v) is 22.2. The number of alkyl halides is 3. The van der Waals surface area contributed by atoms with E-state index in [4.69, 9.17) is 0 Å². The third-order valence-electron chi connectivity index (χ3n) is 13.5. The van der Waals surface area contributed by atoms with E-state index in [1.54, 1.807) is 16.3 Å². The number of hydrogen-bond donors (Lipinski definition) is 2. The fourth-order valence-electron chi connectivity index (χ4n) is 10.0. The Bertz CT molecular complexity index is 2260. The monoisotopic (exact) mass is 853 g/mol. The molecule has 0 bridgehead atoms. The number of anilines is 2. The van der Waals surface area contributed by atoms with Gasteiger partial charge in [-0.25, -0.2) is 9.97 Å². The minimum atomic E-state index is -4.64. The number of carbonyl (C=O) groups excluding carboxylic acids is 3. The van der Waals surface area contributed by atoms with E-state index in [-0.39, 0.29) is 60.0 Å². The Labute approximate surface area is 346 Å². The van der Waals surface area contributed by atoms with E-state index >= 15 is 0 Å². The topological polar surface area (TPSA) is 169 Å². The average molecular weight is 854 g/mol. The van der Waals surface area contributed by atoms with Gasteiger partial charge < -0.3 is 20.0 Å². The number of carbonyl (C=O) groups is 3. The minimum absolute atomic E-state index is 0.0548. The molecule has 1 aromatic carbocycles. The summed E-state index contributed by atoms with van der Waals surface area (Å²) in [5, 5.41) is 9.49. The highest BCUT2D eigenvalue weighted by Gasteiger charge is 2.48. The smallest absolute Gasteiger partial charge is 0.370 e. The number of aryl methyl sites for hydroxylation is 1. The van der Waals surface area contributed by atoms with Crippen LogP contribution in [0.2, 0.25) is 0 Å². The molecule has 9 rings (SSSR count). The molecular weight excluding hydrogens is 804 g/mol. The summed E-state index contributed by atoms with van der Waals surface area (Å²) in [5.74, 6) is -0.393. The van der Waals surface area contributed by atoms with Crippen LogP contribution in [0.1, 0.15) is 72.9 Å². The first-order valence-electron chi connectivity index (χ1n) is 20.8. The Kier molecular flexibility index (Phi) is 10.6. The molecule has 20 heteroatoms. The molecule has 2 N–H and O–H groups in total. The number of amides is 3. The number of benzene rings is 1. The number of nitrogens with one attached hydrogen (secondary N) is 2. The molecule has 6 aliphatic heterocycles. The van der Waals surface area contributed by atoms with Gasteiger partial charge in [0.1, 0.15) is 11.6 Å². The van der Waals surface area contributed by atoms with Crippen LogP contribution in [0.5, 0.6) is 0 Å². The summed E-state index contributed by atoms with van der Waals surface area (Å²) in [6.45, 7) is 6.65. The molecule has 0 radical (unpaired) electrons. The maximum absolute atomic E-state index is 13.7. The highest BCUT2D eigenvalue weighted by atomic mass is 32.2. The summed E-state index contributed by atoms with van der Waals surface area (Å²) in [6.07, 6.45) is 4.17. The van der Waals surface area contributed by atoms with Crippen LogP contribution in [0.3, 0.4) is 0 Å². The Hall–Kier alpha value is -4.66. The number of imide groups is 1. The lowest BCUT2D eigenvalue weighted by Gasteiger charge is -2.55. The zero-order valence-corrected chi connectivity index (χ0v) is 34.3. The largest absolute Gasteiger partial charge is 0.419 e. The van der Waals surface area contributed by atoms with Gasteiger partial charge in [-0.05, 0) is 76.1 Å². The molecule has 5 saturated heterocycles. The molecule has 1 atom stereocenters. The van der Waals surface area contributed by atoms with Crippen LogP contribution in [-0.2, 0) is 39.6 Å². The van der Waals surface area contributed by atoms with Gasteiger partial charge in [-0.3, -0.25) is 24.4 Å². The van der Waals surface area contributed by atoms with E-state index in [1.165, 1.54) is 21.4 Å². The van der Waals surface area contributed by atoms with Crippen molar-refractivity contribution in [2.24, 2.45) is 18.4 Å². The Balaban J connectivity index is 0.718. The van der Waals surface area contributed by atoms with E-state index < -0.39 is 33.9 Å². The number of halogens is 3. The van der Waals surface area contributed by atoms with E-state index in [0.717, 1.165) is 75.9 Å². The molecular formula is C40H50F3N11O5S. The van der Waals surface area contributed by atoms with Crippen LogP contribution in [0.25, 0.3) is 11.3 Å². The summed E-state index contributed by atoms with van der Waals surface area (Å²) in [7, 11) is -2.04. The van der Waals surface area contributed by atoms with Crippen molar-refractivity contribution in [1.82, 2.24) is 43.5 Å².